The lowest BCUT2D eigenvalue weighted by molar-refractivity contribution is -0.143. The minimum Gasteiger partial charge on any atom is -0.361 e. The molecule has 0 radical (unpaired) electrons. The number of carbonyl (C=O) groups excluding carboxylic acids is 2. The van der Waals surface area contributed by atoms with Crippen molar-refractivity contribution in [1.82, 2.24) is 4.90 Å². The SMILES string of the molecule is CN(Cc1ccc(F)cc1)C(=O)C(N)=O. The van der Waals surface area contributed by atoms with Gasteiger partial charge in [0.15, 0.2) is 0 Å². The van der Waals surface area contributed by atoms with Crippen molar-refractivity contribution in [3.63, 3.8) is 0 Å². The molecule has 0 aliphatic heterocycles. The van der Waals surface area contributed by atoms with Crippen molar-refractivity contribution >= 4 is 11.8 Å². The van der Waals surface area contributed by atoms with E-state index in [-0.39, 0.29) is 12.4 Å². The summed E-state index contributed by atoms with van der Waals surface area (Å²) in [7, 11) is 1.45. The monoisotopic (exact) mass is 210 g/mol. The van der Waals surface area contributed by atoms with E-state index in [2.05, 4.69) is 0 Å². The molecule has 0 saturated carbocycles. The van der Waals surface area contributed by atoms with Crippen molar-refractivity contribution in [3.8, 4) is 0 Å². The Kier molecular flexibility index (Phi) is 3.38. The number of hydrogen-bond acceptors (Lipinski definition) is 2. The van der Waals surface area contributed by atoms with Crippen LogP contribution in [0.4, 0.5) is 4.39 Å². The molecule has 1 aromatic carbocycles. The van der Waals surface area contributed by atoms with Crippen LogP contribution in [0, 0.1) is 5.82 Å². The number of benzene rings is 1. The first-order valence-corrected chi connectivity index (χ1v) is 4.30. The van der Waals surface area contributed by atoms with E-state index in [1.807, 2.05) is 0 Å². The molecule has 0 fully saturated rings. The van der Waals surface area contributed by atoms with E-state index in [0.717, 1.165) is 5.56 Å². The summed E-state index contributed by atoms with van der Waals surface area (Å²) in [5, 5.41) is 0. The quantitative estimate of drug-likeness (QED) is 0.712. The number of nitrogens with two attached hydrogens (primary N) is 1. The molecule has 0 aliphatic carbocycles. The molecule has 0 atom stereocenters. The highest BCUT2D eigenvalue weighted by atomic mass is 19.1. The van der Waals surface area contributed by atoms with Crippen molar-refractivity contribution in [2.75, 3.05) is 7.05 Å². The Bertz CT molecular complexity index is 376. The third-order valence-electron chi connectivity index (χ3n) is 1.89. The highest BCUT2D eigenvalue weighted by Gasteiger charge is 2.14. The van der Waals surface area contributed by atoms with Gasteiger partial charge in [0.1, 0.15) is 5.82 Å². The zero-order chi connectivity index (χ0) is 11.4. The fraction of sp³-hybridized carbons (Fsp3) is 0.200. The van der Waals surface area contributed by atoms with E-state index in [4.69, 9.17) is 5.73 Å². The van der Waals surface area contributed by atoms with Crippen molar-refractivity contribution in [2.45, 2.75) is 6.54 Å². The van der Waals surface area contributed by atoms with E-state index in [1.165, 1.54) is 24.1 Å². The third kappa shape index (κ3) is 3.05. The van der Waals surface area contributed by atoms with Gasteiger partial charge in [-0.2, -0.15) is 0 Å². The summed E-state index contributed by atoms with van der Waals surface area (Å²) in [5.74, 6) is -2.11. The van der Waals surface area contributed by atoms with Gasteiger partial charge in [-0.15, -0.1) is 0 Å². The van der Waals surface area contributed by atoms with Crippen molar-refractivity contribution in [2.24, 2.45) is 5.73 Å². The van der Waals surface area contributed by atoms with Crippen LogP contribution in [0.15, 0.2) is 24.3 Å². The fourth-order valence-electron chi connectivity index (χ4n) is 1.12. The Hall–Kier alpha value is -1.91. The van der Waals surface area contributed by atoms with Crippen LogP contribution in [-0.4, -0.2) is 23.8 Å². The minimum atomic E-state index is -1.00. The predicted molar refractivity (Wildman–Crippen MR) is 52.1 cm³/mol. The number of amides is 2. The molecule has 0 unspecified atom stereocenters. The highest BCUT2D eigenvalue weighted by Crippen LogP contribution is 2.05. The van der Waals surface area contributed by atoms with Gasteiger partial charge in [0, 0.05) is 13.6 Å². The first kappa shape index (κ1) is 11.2. The molecule has 4 nitrogen and oxygen atoms in total. The first-order valence-electron chi connectivity index (χ1n) is 4.30. The largest absolute Gasteiger partial charge is 0.361 e. The number of rotatable bonds is 2. The molecule has 2 amide bonds. The molecule has 0 aliphatic rings. The maximum Gasteiger partial charge on any atom is 0.311 e. The van der Waals surface area contributed by atoms with Gasteiger partial charge in [0.05, 0.1) is 0 Å². The standard InChI is InChI=1S/C10H11FN2O2/c1-13(10(15)9(12)14)6-7-2-4-8(11)5-3-7/h2-5H,6H2,1H3,(H2,12,14). The molecule has 0 spiro atoms. The second kappa shape index (κ2) is 4.54. The molecular weight excluding hydrogens is 199 g/mol. The van der Waals surface area contributed by atoms with Crippen LogP contribution >= 0.6 is 0 Å². The summed E-state index contributed by atoms with van der Waals surface area (Å²) in [6, 6.07) is 5.66. The van der Waals surface area contributed by atoms with Crippen LogP contribution < -0.4 is 5.73 Å². The number of hydrogen-bond donors (Lipinski definition) is 1. The predicted octanol–water partition coefficient (Wildman–Crippen LogP) is 0.269. The second-order valence-corrected chi connectivity index (χ2v) is 3.15. The number of likely N-dealkylation sites (N-methyl/N-ethyl adjacent to an activating group) is 1. The topological polar surface area (TPSA) is 63.4 Å². The third-order valence-corrected chi connectivity index (χ3v) is 1.89. The zero-order valence-electron chi connectivity index (χ0n) is 8.24. The molecule has 80 valence electrons. The first-order chi connectivity index (χ1) is 7.00. The summed E-state index contributed by atoms with van der Waals surface area (Å²) in [4.78, 5) is 22.8. The minimum absolute atomic E-state index is 0.224. The van der Waals surface area contributed by atoms with Gasteiger partial charge in [0.2, 0.25) is 0 Å². The van der Waals surface area contributed by atoms with Gasteiger partial charge in [-0.25, -0.2) is 4.39 Å². The number of halogens is 1. The summed E-state index contributed by atoms with van der Waals surface area (Å²) >= 11 is 0. The van der Waals surface area contributed by atoms with Crippen LogP contribution in [0.1, 0.15) is 5.56 Å². The average molecular weight is 210 g/mol. The van der Waals surface area contributed by atoms with Gasteiger partial charge in [0.25, 0.3) is 0 Å². The van der Waals surface area contributed by atoms with Gasteiger partial charge in [-0.1, -0.05) is 12.1 Å². The Balaban J connectivity index is 2.66. The average Bonchev–Trinajstić information content (AvgIpc) is 2.20. The molecule has 0 heterocycles. The van der Waals surface area contributed by atoms with Gasteiger partial charge >= 0.3 is 11.8 Å². The maximum absolute atomic E-state index is 12.6. The summed E-state index contributed by atoms with van der Waals surface area (Å²) < 4.78 is 12.6. The molecule has 0 saturated heterocycles. The molecule has 1 rings (SSSR count). The van der Waals surface area contributed by atoms with Crippen molar-refractivity contribution < 1.29 is 14.0 Å². The van der Waals surface area contributed by atoms with Gasteiger partial charge in [-0.3, -0.25) is 9.59 Å². The van der Waals surface area contributed by atoms with E-state index >= 15 is 0 Å². The van der Waals surface area contributed by atoms with Crippen LogP contribution in [0.2, 0.25) is 0 Å². The Labute approximate surface area is 86.5 Å². The van der Waals surface area contributed by atoms with E-state index in [9.17, 15) is 14.0 Å². The highest BCUT2D eigenvalue weighted by molar-refractivity contribution is 6.34. The number of carbonyl (C=O) groups is 2. The van der Waals surface area contributed by atoms with Crippen LogP contribution in [0.25, 0.3) is 0 Å². The van der Waals surface area contributed by atoms with E-state index in [0.29, 0.717) is 0 Å². The van der Waals surface area contributed by atoms with E-state index in [1.54, 1.807) is 12.1 Å². The molecule has 0 bridgehead atoms. The summed E-state index contributed by atoms with van der Waals surface area (Å²) in [5.41, 5.74) is 5.55. The number of nitrogens with zero attached hydrogens (tertiary/aromatic N) is 1. The van der Waals surface area contributed by atoms with Crippen molar-refractivity contribution in [1.29, 1.82) is 0 Å². The second-order valence-electron chi connectivity index (χ2n) is 3.15. The molecule has 15 heavy (non-hydrogen) atoms. The Morgan fingerprint density at radius 3 is 2.33 bits per heavy atom. The zero-order valence-corrected chi connectivity index (χ0v) is 8.24. The lowest BCUT2D eigenvalue weighted by atomic mass is 10.2. The van der Waals surface area contributed by atoms with Crippen LogP contribution in [0.3, 0.4) is 0 Å². The summed E-state index contributed by atoms with van der Waals surface area (Å²) in [6.07, 6.45) is 0. The lowest BCUT2D eigenvalue weighted by Crippen LogP contribution is -2.37. The van der Waals surface area contributed by atoms with Crippen LogP contribution in [0.5, 0.6) is 0 Å². The molecule has 5 heteroatoms. The smallest absolute Gasteiger partial charge is 0.311 e. The van der Waals surface area contributed by atoms with E-state index < -0.39 is 11.8 Å². The van der Waals surface area contributed by atoms with Gasteiger partial charge < -0.3 is 10.6 Å². The molecule has 1 aromatic rings. The lowest BCUT2D eigenvalue weighted by Gasteiger charge is -2.14. The molecular formula is C10H11FN2O2. The molecule has 0 aromatic heterocycles. The Morgan fingerprint density at radius 2 is 1.87 bits per heavy atom. The normalized spacial score (nSPS) is 9.73. The number of primary amides is 1. The maximum atomic E-state index is 12.6. The fourth-order valence-corrected chi connectivity index (χ4v) is 1.12. The summed E-state index contributed by atoms with van der Waals surface area (Å²) in [6.45, 7) is 0.224. The van der Waals surface area contributed by atoms with Crippen LogP contribution in [-0.2, 0) is 16.1 Å². The van der Waals surface area contributed by atoms with Crippen molar-refractivity contribution in [3.05, 3.63) is 35.6 Å². The van der Waals surface area contributed by atoms with Gasteiger partial charge in [-0.05, 0) is 17.7 Å². The Morgan fingerprint density at radius 1 is 1.33 bits per heavy atom. The molecule has 2 N–H and O–H groups in total.